The van der Waals surface area contributed by atoms with E-state index in [9.17, 15) is 22.8 Å². The number of hydrogen-bond donors (Lipinski definition) is 0. The van der Waals surface area contributed by atoms with Gasteiger partial charge in [-0.1, -0.05) is 0 Å². The van der Waals surface area contributed by atoms with Gasteiger partial charge in [0.05, 0.1) is 26.2 Å². The van der Waals surface area contributed by atoms with Crippen LogP contribution in [0.3, 0.4) is 0 Å². The summed E-state index contributed by atoms with van der Waals surface area (Å²) in [5.74, 6) is -0.388. The zero-order chi connectivity index (χ0) is 17.2. The number of rotatable bonds is 4. The summed E-state index contributed by atoms with van der Waals surface area (Å²) in [5.41, 5.74) is -2.35. The monoisotopic (exact) mass is 330 g/mol. The summed E-state index contributed by atoms with van der Waals surface area (Å²) in [4.78, 5) is 26.3. The van der Waals surface area contributed by atoms with Gasteiger partial charge < -0.3 is 9.47 Å². The van der Waals surface area contributed by atoms with Crippen LogP contribution >= 0.6 is 0 Å². The molecule has 23 heavy (non-hydrogen) atoms. The fourth-order valence-corrected chi connectivity index (χ4v) is 2.12. The highest BCUT2D eigenvalue weighted by molar-refractivity contribution is 5.83. The number of methoxy groups -OCH3 is 2. The highest BCUT2D eigenvalue weighted by atomic mass is 19.4. The van der Waals surface area contributed by atoms with Gasteiger partial charge in [-0.05, 0) is 18.2 Å². The second kappa shape index (κ2) is 6.27. The van der Waals surface area contributed by atoms with Gasteiger partial charge in [0.1, 0.15) is 5.75 Å². The van der Waals surface area contributed by atoms with Crippen LogP contribution < -0.4 is 10.4 Å². The number of esters is 1. The largest absolute Gasteiger partial charge is 0.497 e. The molecule has 1 aromatic carbocycles. The molecule has 0 aliphatic heterocycles. The first-order valence-electron chi connectivity index (χ1n) is 6.50. The van der Waals surface area contributed by atoms with Crippen molar-refractivity contribution >= 4 is 16.9 Å². The Morgan fingerprint density at radius 1 is 1.30 bits per heavy atom. The number of carbonyl (C=O) groups is 1. The Morgan fingerprint density at radius 3 is 2.57 bits per heavy atom. The van der Waals surface area contributed by atoms with E-state index in [0.717, 1.165) is 10.6 Å². The molecule has 0 aliphatic carbocycles. The first kappa shape index (κ1) is 16.8. The summed E-state index contributed by atoms with van der Waals surface area (Å²) in [5, 5.41) is -0.277. The third-order valence-corrected chi connectivity index (χ3v) is 3.22. The van der Waals surface area contributed by atoms with Crippen molar-refractivity contribution in [3.05, 3.63) is 34.4 Å². The lowest BCUT2D eigenvalue weighted by Crippen LogP contribution is -2.28. The third-order valence-electron chi connectivity index (χ3n) is 3.22. The molecule has 2 rings (SSSR count). The molecule has 0 spiro atoms. The number of ether oxygens (including phenoxy) is 2. The SMILES string of the molecule is COC(=O)CCn1c(=O)nc(C(F)(F)F)c2cc(OC)ccc21. The molecular weight excluding hydrogens is 317 g/mol. The summed E-state index contributed by atoms with van der Waals surface area (Å²) in [6.07, 6.45) is -4.95. The standard InChI is InChI=1S/C14H13F3N2O4/c1-22-8-3-4-10-9(7-8)12(14(15,16)17)18-13(21)19(10)6-5-11(20)23-2/h3-4,7H,5-6H2,1-2H3. The van der Waals surface area contributed by atoms with Gasteiger partial charge in [0.25, 0.3) is 0 Å². The maximum Gasteiger partial charge on any atom is 0.434 e. The minimum absolute atomic E-state index is 0.0158. The molecule has 0 fully saturated rings. The molecule has 0 atom stereocenters. The lowest BCUT2D eigenvalue weighted by Gasteiger charge is -2.14. The molecule has 6 nitrogen and oxygen atoms in total. The van der Waals surface area contributed by atoms with Crippen molar-refractivity contribution in [1.82, 2.24) is 9.55 Å². The Balaban J connectivity index is 2.68. The highest BCUT2D eigenvalue weighted by Gasteiger charge is 2.36. The maximum absolute atomic E-state index is 13.1. The minimum atomic E-state index is -4.79. The Morgan fingerprint density at radius 2 is 2.00 bits per heavy atom. The van der Waals surface area contributed by atoms with Crippen molar-refractivity contribution in [2.24, 2.45) is 0 Å². The smallest absolute Gasteiger partial charge is 0.434 e. The third kappa shape index (κ3) is 3.43. The van der Waals surface area contributed by atoms with E-state index in [0.29, 0.717) is 0 Å². The first-order chi connectivity index (χ1) is 10.8. The van der Waals surface area contributed by atoms with Crippen LogP contribution in [0.2, 0.25) is 0 Å². The first-order valence-corrected chi connectivity index (χ1v) is 6.50. The van der Waals surface area contributed by atoms with Crippen molar-refractivity contribution < 1.29 is 27.4 Å². The number of alkyl halides is 3. The Hall–Kier alpha value is -2.58. The zero-order valence-electron chi connectivity index (χ0n) is 12.3. The van der Waals surface area contributed by atoms with Crippen LogP contribution in [0.5, 0.6) is 5.75 Å². The van der Waals surface area contributed by atoms with Crippen molar-refractivity contribution in [2.75, 3.05) is 14.2 Å². The van der Waals surface area contributed by atoms with Gasteiger partial charge in [-0.2, -0.15) is 18.2 Å². The highest BCUT2D eigenvalue weighted by Crippen LogP contribution is 2.33. The van der Waals surface area contributed by atoms with Gasteiger partial charge in [-0.25, -0.2) is 4.79 Å². The van der Waals surface area contributed by atoms with E-state index in [1.165, 1.54) is 26.4 Å². The van der Waals surface area contributed by atoms with Gasteiger partial charge in [0, 0.05) is 11.9 Å². The molecule has 0 unspecified atom stereocenters. The number of carbonyl (C=O) groups excluding carboxylic acids is 1. The van der Waals surface area contributed by atoms with E-state index in [1.54, 1.807) is 0 Å². The molecule has 0 radical (unpaired) electrons. The molecule has 0 saturated carbocycles. The van der Waals surface area contributed by atoms with E-state index in [-0.39, 0.29) is 29.6 Å². The van der Waals surface area contributed by atoms with Gasteiger partial charge in [0.2, 0.25) is 0 Å². The summed E-state index contributed by atoms with van der Waals surface area (Å²) in [7, 11) is 2.49. The lowest BCUT2D eigenvalue weighted by atomic mass is 10.1. The Bertz CT molecular complexity index is 799. The van der Waals surface area contributed by atoms with Gasteiger partial charge in [-0.3, -0.25) is 9.36 Å². The Kier molecular flexibility index (Phi) is 4.57. The number of hydrogen-bond acceptors (Lipinski definition) is 5. The predicted octanol–water partition coefficient (Wildman–Crippen LogP) is 1.99. The van der Waals surface area contributed by atoms with Crippen LogP contribution in [0.4, 0.5) is 13.2 Å². The Labute approximate surface area is 128 Å². The normalized spacial score (nSPS) is 11.5. The van der Waals surface area contributed by atoms with Crippen LogP contribution in [0, 0.1) is 0 Å². The lowest BCUT2D eigenvalue weighted by molar-refractivity contribution is -0.141. The molecule has 0 aliphatic rings. The molecule has 0 saturated heterocycles. The van der Waals surface area contributed by atoms with Crippen molar-refractivity contribution in [2.45, 2.75) is 19.1 Å². The zero-order valence-corrected chi connectivity index (χ0v) is 12.3. The summed E-state index contributed by atoms with van der Waals surface area (Å²) in [6, 6.07) is 3.90. The van der Waals surface area contributed by atoms with E-state index < -0.39 is 23.5 Å². The molecule has 0 N–H and O–H groups in total. The average molecular weight is 330 g/mol. The van der Waals surface area contributed by atoms with Gasteiger partial charge in [0.15, 0.2) is 5.69 Å². The van der Waals surface area contributed by atoms with Crippen molar-refractivity contribution in [3.63, 3.8) is 0 Å². The minimum Gasteiger partial charge on any atom is -0.497 e. The number of benzene rings is 1. The van der Waals surface area contributed by atoms with Crippen molar-refractivity contribution in [3.8, 4) is 5.75 Å². The fraction of sp³-hybridized carbons (Fsp3) is 0.357. The number of fused-ring (bicyclic) bond motifs is 1. The maximum atomic E-state index is 13.1. The summed E-state index contributed by atoms with van der Waals surface area (Å²) in [6.45, 7) is -0.139. The van der Waals surface area contributed by atoms with Crippen LogP contribution in [-0.2, 0) is 22.3 Å². The molecule has 9 heteroatoms. The van der Waals surface area contributed by atoms with E-state index >= 15 is 0 Å². The fourth-order valence-electron chi connectivity index (χ4n) is 2.12. The van der Waals surface area contributed by atoms with Crippen LogP contribution in [-0.4, -0.2) is 29.7 Å². The number of aryl methyl sites for hydroxylation is 1. The van der Waals surface area contributed by atoms with Crippen LogP contribution in [0.15, 0.2) is 23.0 Å². The number of aromatic nitrogens is 2. The molecule has 2 aromatic rings. The molecule has 1 heterocycles. The molecule has 0 amide bonds. The quantitative estimate of drug-likeness (QED) is 0.802. The molecule has 124 valence electrons. The van der Waals surface area contributed by atoms with E-state index in [2.05, 4.69) is 9.72 Å². The van der Waals surface area contributed by atoms with E-state index in [1.807, 2.05) is 0 Å². The number of halogens is 3. The van der Waals surface area contributed by atoms with Crippen LogP contribution in [0.1, 0.15) is 12.1 Å². The van der Waals surface area contributed by atoms with Crippen molar-refractivity contribution in [1.29, 1.82) is 0 Å². The van der Waals surface area contributed by atoms with Crippen LogP contribution in [0.25, 0.3) is 10.9 Å². The van der Waals surface area contributed by atoms with E-state index in [4.69, 9.17) is 4.74 Å². The second-order valence-electron chi connectivity index (χ2n) is 4.60. The van der Waals surface area contributed by atoms with Gasteiger partial charge in [-0.15, -0.1) is 0 Å². The molecule has 1 aromatic heterocycles. The molecule has 0 bridgehead atoms. The summed E-state index contributed by atoms with van der Waals surface area (Å²) < 4.78 is 49.7. The topological polar surface area (TPSA) is 70.4 Å². The summed E-state index contributed by atoms with van der Waals surface area (Å²) >= 11 is 0. The van der Waals surface area contributed by atoms with Gasteiger partial charge >= 0.3 is 17.8 Å². The second-order valence-corrected chi connectivity index (χ2v) is 4.60. The molecular formula is C14H13F3N2O4. The number of nitrogens with zero attached hydrogens (tertiary/aromatic N) is 2. The average Bonchev–Trinajstić information content (AvgIpc) is 2.51. The predicted molar refractivity (Wildman–Crippen MR) is 74.2 cm³/mol.